The summed E-state index contributed by atoms with van der Waals surface area (Å²) in [5.41, 5.74) is 7.37. The van der Waals surface area contributed by atoms with Crippen molar-refractivity contribution in [2.75, 3.05) is 24.8 Å². The highest BCUT2D eigenvalue weighted by Gasteiger charge is 2.15. The normalized spacial score (nSPS) is 11.3. The van der Waals surface area contributed by atoms with Crippen molar-refractivity contribution in [3.05, 3.63) is 59.7 Å². The zero-order valence-corrected chi connectivity index (χ0v) is 19.3. The number of nitrogens with one attached hydrogen (secondary N) is 3. The van der Waals surface area contributed by atoms with E-state index in [-0.39, 0.29) is 24.2 Å². The van der Waals surface area contributed by atoms with Gasteiger partial charge in [-0.3, -0.25) is 25.2 Å². The number of aryl methyl sites for hydroxylation is 1. The van der Waals surface area contributed by atoms with Crippen LogP contribution in [-0.4, -0.2) is 36.5 Å². The predicted octanol–water partition coefficient (Wildman–Crippen LogP) is 3.52. The molecule has 0 aromatic heterocycles. The molecule has 9 heteroatoms. The van der Waals surface area contributed by atoms with Crippen LogP contribution in [0.4, 0.5) is 10.5 Å². The summed E-state index contributed by atoms with van der Waals surface area (Å²) in [5, 5.41) is 2.27. The maximum absolute atomic E-state index is 12.1. The minimum atomic E-state index is -0.524. The van der Waals surface area contributed by atoms with Crippen LogP contribution in [0.3, 0.4) is 0 Å². The van der Waals surface area contributed by atoms with Gasteiger partial charge in [0.25, 0.3) is 5.24 Å². The molecule has 0 aliphatic rings. The third kappa shape index (κ3) is 8.60. The molecule has 2 aromatic rings. The van der Waals surface area contributed by atoms with Gasteiger partial charge in [-0.15, -0.1) is 0 Å². The Labute approximate surface area is 192 Å². The molecule has 0 aliphatic carbocycles. The van der Waals surface area contributed by atoms with E-state index in [1.165, 1.54) is 0 Å². The Morgan fingerprint density at radius 2 is 1.75 bits per heavy atom. The third-order valence-electron chi connectivity index (χ3n) is 4.54. The van der Waals surface area contributed by atoms with E-state index < -0.39 is 11.2 Å². The van der Waals surface area contributed by atoms with Gasteiger partial charge in [0.15, 0.2) is 0 Å². The summed E-state index contributed by atoms with van der Waals surface area (Å²) in [6.45, 7) is 4.25. The molecule has 2 rings (SSSR count). The average molecular weight is 460 g/mol. The minimum Gasteiger partial charge on any atom is -0.497 e. The van der Waals surface area contributed by atoms with Crippen LogP contribution in [-0.2, 0) is 27.4 Å². The molecule has 3 N–H and O–H groups in total. The first-order valence-corrected chi connectivity index (χ1v) is 11.2. The number of benzene rings is 2. The quantitative estimate of drug-likeness (QED) is 0.470. The van der Waals surface area contributed by atoms with E-state index >= 15 is 0 Å². The Balaban J connectivity index is 1.63. The van der Waals surface area contributed by atoms with Gasteiger partial charge in [-0.25, -0.2) is 0 Å². The van der Waals surface area contributed by atoms with Gasteiger partial charge in [-0.1, -0.05) is 55.9 Å². The lowest BCUT2D eigenvalue weighted by Crippen LogP contribution is -2.43. The first-order valence-electron chi connectivity index (χ1n) is 10.2. The minimum absolute atomic E-state index is 0.0692. The molecule has 0 fully saturated rings. The summed E-state index contributed by atoms with van der Waals surface area (Å²) in [4.78, 5) is 36.1. The van der Waals surface area contributed by atoms with Crippen molar-refractivity contribution in [3.63, 3.8) is 0 Å². The third-order valence-corrected chi connectivity index (χ3v) is 5.31. The second kappa shape index (κ2) is 13.4. The van der Waals surface area contributed by atoms with E-state index in [0.717, 1.165) is 40.7 Å². The summed E-state index contributed by atoms with van der Waals surface area (Å²) in [7, 11) is 1.60. The molecule has 0 spiro atoms. The Morgan fingerprint density at radius 3 is 2.44 bits per heavy atom. The summed E-state index contributed by atoms with van der Waals surface area (Å²) in [5.74, 6) is -0.446. The fraction of sp³-hybridized carbons (Fsp3) is 0.348. The molecular weight excluding hydrogens is 430 g/mol. The van der Waals surface area contributed by atoms with Crippen molar-refractivity contribution in [1.82, 2.24) is 10.9 Å². The van der Waals surface area contributed by atoms with E-state index in [4.69, 9.17) is 9.47 Å². The van der Waals surface area contributed by atoms with Gasteiger partial charge in [0.05, 0.1) is 32.0 Å². The van der Waals surface area contributed by atoms with Gasteiger partial charge in [0, 0.05) is 5.69 Å². The van der Waals surface area contributed by atoms with Gasteiger partial charge in [0.2, 0.25) is 11.8 Å². The monoisotopic (exact) mass is 459 g/mol. The molecule has 0 unspecified atom stereocenters. The number of hydrogen-bond donors (Lipinski definition) is 3. The van der Waals surface area contributed by atoms with Gasteiger partial charge in [-0.2, -0.15) is 0 Å². The second-order valence-electron chi connectivity index (χ2n) is 7.01. The largest absolute Gasteiger partial charge is 0.497 e. The molecule has 32 heavy (non-hydrogen) atoms. The fourth-order valence-electron chi connectivity index (χ4n) is 2.69. The summed E-state index contributed by atoms with van der Waals surface area (Å²) in [6.07, 6.45) is 0.790. The first kappa shape index (κ1) is 25.2. The molecule has 0 bridgehead atoms. The molecule has 0 radical (unpaired) electrons. The van der Waals surface area contributed by atoms with E-state index in [9.17, 15) is 14.4 Å². The SMILES string of the molecule is CCc1ccccc1NC(=O)CSC(=O)NNC(=O)[C@@H](C)COCc1ccc(OC)cc1. The number of thioether (sulfide) groups is 1. The standard InChI is InChI=1S/C23H29N3O5S/c1-4-18-7-5-6-8-20(18)24-21(27)15-32-23(29)26-25-22(28)16(2)13-31-14-17-9-11-19(30-3)12-10-17/h5-12,16H,4,13-15H2,1-3H3,(H,24,27)(H,25,28)(H,26,29)/t16-/m0/s1. The van der Waals surface area contributed by atoms with Gasteiger partial charge in [-0.05, 0) is 35.7 Å². The number of hydrogen-bond acceptors (Lipinski definition) is 6. The Kier molecular flexibility index (Phi) is 10.6. The van der Waals surface area contributed by atoms with E-state index in [0.29, 0.717) is 6.61 Å². The highest BCUT2D eigenvalue weighted by molar-refractivity contribution is 8.14. The summed E-state index contributed by atoms with van der Waals surface area (Å²) in [6, 6.07) is 15.0. The molecular formula is C23H29N3O5S. The van der Waals surface area contributed by atoms with Gasteiger partial charge < -0.3 is 14.8 Å². The lowest BCUT2D eigenvalue weighted by molar-refractivity contribution is -0.127. The lowest BCUT2D eigenvalue weighted by Gasteiger charge is -2.13. The predicted molar refractivity (Wildman–Crippen MR) is 125 cm³/mol. The first-order chi connectivity index (χ1) is 15.4. The highest BCUT2D eigenvalue weighted by atomic mass is 32.2. The van der Waals surface area contributed by atoms with Crippen LogP contribution >= 0.6 is 11.8 Å². The topological polar surface area (TPSA) is 106 Å². The number of carbonyl (C=O) groups is 3. The number of ether oxygens (including phenoxy) is 2. The number of amides is 3. The Bertz CT molecular complexity index is 905. The van der Waals surface area contributed by atoms with Crippen molar-refractivity contribution < 1.29 is 23.9 Å². The molecule has 0 saturated carbocycles. The zero-order valence-electron chi connectivity index (χ0n) is 18.5. The van der Waals surface area contributed by atoms with E-state index in [1.807, 2.05) is 55.5 Å². The average Bonchev–Trinajstić information content (AvgIpc) is 2.81. The van der Waals surface area contributed by atoms with Crippen LogP contribution in [0.2, 0.25) is 0 Å². The lowest BCUT2D eigenvalue weighted by atomic mass is 10.1. The zero-order chi connectivity index (χ0) is 23.3. The Hall–Kier alpha value is -3.04. The van der Waals surface area contributed by atoms with Crippen LogP contribution < -0.4 is 20.9 Å². The molecule has 8 nitrogen and oxygen atoms in total. The van der Waals surface area contributed by atoms with Crippen LogP contribution in [0.15, 0.2) is 48.5 Å². The number of para-hydroxylation sites is 1. The van der Waals surface area contributed by atoms with Gasteiger partial charge >= 0.3 is 0 Å². The highest BCUT2D eigenvalue weighted by Crippen LogP contribution is 2.16. The van der Waals surface area contributed by atoms with Crippen molar-refractivity contribution in [2.24, 2.45) is 5.92 Å². The molecule has 0 saturated heterocycles. The Morgan fingerprint density at radius 1 is 1.03 bits per heavy atom. The maximum atomic E-state index is 12.1. The van der Waals surface area contributed by atoms with Crippen molar-refractivity contribution in [3.8, 4) is 5.75 Å². The summed E-state index contributed by atoms with van der Waals surface area (Å²) >= 11 is 0.771. The fourth-order valence-corrected chi connectivity index (χ4v) is 3.15. The molecule has 1 atom stereocenters. The van der Waals surface area contributed by atoms with Crippen molar-refractivity contribution in [2.45, 2.75) is 26.9 Å². The van der Waals surface area contributed by atoms with E-state index in [2.05, 4.69) is 16.2 Å². The number of methoxy groups -OCH3 is 1. The van der Waals surface area contributed by atoms with Crippen molar-refractivity contribution in [1.29, 1.82) is 0 Å². The van der Waals surface area contributed by atoms with Crippen molar-refractivity contribution >= 4 is 34.5 Å². The summed E-state index contributed by atoms with van der Waals surface area (Å²) < 4.78 is 10.7. The number of rotatable bonds is 10. The molecule has 172 valence electrons. The van der Waals surface area contributed by atoms with Crippen LogP contribution in [0.1, 0.15) is 25.0 Å². The second-order valence-corrected chi connectivity index (χ2v) is 7.96. The molecule has 3 amide bonds. The molecule has 0 aliphatic heterocycles. The smallest absolute Gasteiger partial charge is 0.298 e. The molecule has 0 heterocycles. The van der Waals surface area contributed by atoms with Crippen LogP contribution in [0.25, 0.3) is 0 Å². The number of anilines is 1. The van der Waals surface area contributed by atoms with Gasteiger partial charge in [0.1, 0.15) is 5.75 Å². The van der Waals surface area contributed by atoms with E-state index in [1.54, 1.807) is 14.0 Å². The molecule has 2 aromatic carbocycles. The number of hydrazine groups is 1. The van der Waals surface area contributed by atoms with Crippen LogP contribution in [0, 0.1) is 5.92 Å². The number of carbonyl (C=O) groups excluding carboxylic acids is 3. The maximum Gasteiger partial charge on any atom is 0.298 e. The van der Waals surface area contributed by atoms with Crippen LogP contribution in [0.5, 0.6) is 5.75 Å².